The fourth-order valence-corrected chi connectivity index (χ4v) is 5.61. The van der Waals surface area contributed by atoms with Crippen molar-refractivity contribution in [3.63, 3.8) is 0 Å². The van der Waals surface area contributed by atoms with E-state index >= 15 is 0 Å². The zero-order chi connectivity index (χ0) is 22.5. The van der Waals surface area contributed by atoms with Gasteiger partial charge in [0.1, 0.15) is 11.3 Å². The molecule has 8 nitrogen and oxygen atoms in total. The van der Waals surface area contributed by atoms with Gasteiger partial charge < -0.3 is 21.1 Å². The molecule has 0 aromatic heterocycles. The average molecular weight is 434 g/mol. The lowest BCUT2D eigenvalue weighted by molar-refractivity contribution is -0.126. The molecule has 8 heteroatoms. The quantitative estimate of drug-likeness (QED) is 0.432. The number of nitrogens with two attached hydrogens (primary N) is 1. The van der Waals surface area contributed by atoms with Crippen LogP contribution in [-0.4, -0.2) is 41.5 Å². The van der Waals surface area contributed by atoms with E-state index in [0.29, 0.717) is 43.6 Å². The van der Waals surface area contributed by atoms with E-state index in [1.165, 1.54) is 6.07 Å². The Hall–Kier alpha value is -3.55. The van der Waals surface area contributed by atoms with Crippen LogP contribution in [0.4, 0.5) is 16.2 Å². The van der Waals surface area contributed by atoms with Crippen molar-refractivity contribution in [2.45, 2.75) is 31.2 Å². The van der Waals surface area contributed by atoms with Crippen LogP contribution in [0.2, 0.25) is 0 Å². The van der Waals surface area contributed by atoms with Crippen molar-refractivity contribution >= 4 is 29.1 Å². The van der Waals surface area contributed by atoms with Gasteiger partial charge in [-0.2, -0.15) is 0 Å². The number of nitrogen functional groups attached to an aromatic ring is 1. The van der Waals surface area contributed by atoms with Gasteiger partial charge in [-0.1, -0.05) is 12.1 Å². The predicted molar refractivity (Wildman–Crippen MR) is 119 cm³/mol. The number of aromatic hydroxyl groups is 1. The number of ketones is 1. The number of carbonyl (C=O) groups excluding carboxylic acids is 3. The minimum atomic E-state index is -1.12. The normalized spacial score (nSPS) is 25.6. The van der Waals surface area contributed by atoms with Crippen LogP contribution in [0.5, 0.6) is 5.75 Å². The highest BCUT2D eigenvalue weighted by molar-refractivity contribution is 6.08. The van der Waals surface area contributed by atoms with E-state index in [2.05, 4.69) is 15.5 Å². The van der Waals surface area contributed by atoms with E-state index < -0.39 is 17.5 Å². The monoisotopic (exact) mass is 434 g/mol. The molecule has 2 atom stereocenters. The summed E-state index contributed by atoms with van der Waals surface area (Å²) in [5, 5.41) is 15.1. The van der Waals surface area contributed by atoms with Crippen molar-refractivity contribution in [1.29, 1.82) is 0 Å². The van der Waals surface area contributed by atoms with E-state index in [0.717, 1.165) is 11.3 Å². The molecule has 166 valence electrons. The lowest BCUT2D eigenvalue weighted by Crippen LogP contribution is -2.57. The molecule has 0 bridgehead atoms. The number of rotatable bonds is 4. The number of imide groups is 1. The van der Waals surface area contributed by atoms with Gasteiger partial charge in [0.15, 0.2) is 5.78 Å². The molecule has 0 radical (unpaired) electrons. The molecule has 2 saturated heterocycles. The summed E-state index contributed by atoms with van der Waals surface area (Å²) >= 11 is 0. The average Bonchev–Trinajstić information content (AvgIpc) is 3.23. The SMILES string of the molecule is Nc1ccccc1N1CCC(C2(CC3Cc4cc(O)ccc4C3=O)NC(=O)NC2=O)CC1. The van der Waals surface area contributed by atoms with Crippen LogP contribution in [0.1, 0.15) is 35.2 Å². The molecule has 2 fully saturated rings. The Morgan fingerprint density at radius 2 is 1.84 bits per heavy atom. The largest absolute Gasteiger partial charge is 0.508 e. The molecule has 2 unspecified atom stereocenters. The van der Waals surface area contributed by atoms with E-state index in [-0.39, 0.29) is 29.8 Å². The number of phenols is 1. The second kappa shape index (κ2) is 7.55. The second-order valence-electron chi connectivity index (χ2n) is 9.01. The summed E-state index contributed by atoms with van der Waals surface area (Å²) in [6.07, 6.45) is 2.08. The summed E-state index contributed by atoms with van der Waals surface area (Å²) < 4.78 is 0. The number of nitrogens with one attached hydrogen (secondary N) is 2. The van der Waals surface area contributed by atoms with Crippen molar-refractivity contribution in [1.82, 2.24) is 10.6 Å². The molecule has 2 aromatic carbocycles. The molecule has 2 aromatic rings. The van der Waals surface area contributed by atoms with Crippen molar-refractivity contribution in [2.75, 3.05) is 23.7 Å². The van der Waals surface area contributed by atoms with Gasteiger partial charge in [0.2, 0.25) is 0 Å². The van der Waals surface area contributed by atoms with Crippen molar-refractivity contribution in [3.8, 4) is 5.75 Å². The standard InChI is InChI=1S/C24H26N4O4/c25-19-3-1-2-4-20(19)28-9-7-16(8-10-28)24(22(31)26-23(32)27-24)13-15-11-14-12-17(29)5-6-18(14)21(15)30/h1-6,12,15-16,29H,7-11,13,25H2,(H2,26,27,31,32). The molecule has 0 spiro atoms. The third kappa shape index (κ3) is 3.26. The predicted octanol–water partition coefficient (Wildman–Crippen LogP) is 2.21. The van der Waals surface area contributed by atoms with Gasteiger partial charge >= 0.3 is 6.03 Å². The second-order valence-corrected chi connectivity index (χ2v) is 9.01. The van der Waals surface area contributed by atoms with Crippen LogP contribution >= 0.6 is 0 Å². The molecule has 32 heavy (non-hydrogen) atoms. The number of benzene rings is 2. The van der Waals surface area contributed by atoms with E-state index in [4.69, 9.17) is 5.73 Å². The zero-order valence-electron chi connectivity index (χ0n) is 17.6. The van der Waals surface area contributed by atoms with Crippen LogP contribution in [0.3, 0.4) is 0 Å². The molecule has 2 heterocycles. The van der Waals surface area contributed by atoms with E-state index in [1.807, 2.05) is 24.3 Å². The highest BCUT2D eigenvalue weighted by Crippen LogP contribution is 2.41. The molecule has 5 rings (SSSR count). The number of urea groups is 1. The first kappa shape index (κ1) is 20.4. The molecule has 3 aliphatic rings. The van der Waals surface area contributed by atoms with Gasteiger partial charge in [-0.05, 0) is 67.5 Å². The van der Waals surface area contributed by atoms with Gasteiger partial charge in [0.05, 0.1) is 11.4 Å². The van der Waals surface area contributed by atoms with Crippen molar-refractivity contribution in [2.24, 2.45) is 11.8 Å². The molecular formula is C24H26N4O4. The molecule has 2 aliphatic heterocycles. The maximum absolute atomic E-state index is 13.1. The number of hydrogen-bond acceptors (Lipinski definition) is 6. The number of fused-ring (bicyclic) bond motifs is 1. The van der Waals surface area contributed by atoms with E-state index in [1.54, 1.807) is 12.1 Å². The smallest absolute Gasteiger partial charge is 0.322 e. The summed E-state index contributed by atoms with van der Waals surface area (Å²) in [6, 6.07) is 11.9. The van der Waals surface area contributed by atoms with Crippen LogP contribution in [-0.2, 0) is 11.2 Å². The topological polar surface area (TPSA) is 125 Å². The van der Waals surface area contributed by atoms with Gasteiger partial charge in [0, 0.05) is 24.6 Å². The van der Waals surface area contributed by atoms with Crippen LogP contribution < -0.4 is 21.3 Å². The molecule has 1 aliphatic carbocycles. The van der Waals surface area contributed by atoms with Gasteiger partial charge in [0.25, 0.3) is 5.91 Å². The fourth-order valence-electron chi connectivity index (χ4n) is 5.61. The molecular weight excluding hydrogens is 408 g/mol. The lowest BCUT2D eigenvalue weighted by atomic mass is 9.72. The highest BCUT2D eigenvalue weighted by Gasteiger charge is 2.54. The maximum atomic E-state index is 13.1. The summed E-state index contributed by atoms with van der Waals surface area (Å²) in [6.45, 7) is 1.41. The van der Waals surface area contributed by atoms with Crippen LogP contribution in [0.15, 0.2) is 42.5 Å². The minimum Gasteiger partial charge on any atom is -0.508 e. The van der Waals surface area contributed by atoms with Gasteiger partial charge in [-0.3, -0.25) is 14.9 Å². The Labute approximate surface area is 185 Å². The highest BCUT2D eigenvalue weighted by atomic mass is 16.3. The fraction of sp³-hybridized carbons (Fsp3) is 0.375. The Morgan fingerprint density at radius 3 is 2.53 bits per heavy atom. The van der Waals surface area contributed by atoms with Crippen LogP contribution in [0, 0.1) is 11.8 Å². The number of phenolic OH excluding ortho intramolecular Hbond substituents is 1. The Morgan fingerprint density at radius 1 is 1.09 bits per heavy atom. The summed E-state index contributed by atoms with van der Waals surface area (Å²) in [4.78, 5) is 40.5. The lowest BCUT2D eigenvalue weighted by Gasteiger charge is -2.42. The number of para-hydroxylation sites is 2. The molecule has 0 saturated carbocycles. The number of piperidine rings is 1. The van der Waals surface area contributed by atoms with Gasteiger partial charge in [-0.25, -0.2) is 4.79 Å². The number of amides is 3. The number of nitrogens with zero attached hydrogens (tertiary/aromatic N) is 1. The maximum Gasteiger partial charge on any atom is 0.322 e. The first-order valence-electron chi connectivity index (χ1n) is 11.0. The Kier molecular flexibility index (Phi) is 4.80. The Balaban J connectivity index is 1.37. The first-order valence-corrected chi connectivity index (χ1v) is 11.0. The zero-order valence-corrected chi connectivity index (χ0v) is 17.6. The number of anilines is 2. The first-order chi connectivity index (χ1) is 15.4. The summed E-state index contributed by atoms with van der Waals surface area (Å²) in [5.41, 5.74) is 8.08. The third-order valence-electron chi connectivity index (χ3n) is 7.20. The summed E-state index contributed by atoms with van der Waals surface area (Å²) in [7, 11) is 0. The van der Waals surface area contributed by atoms with E-state index in [9.17, 15) is 19.5 Å². The van der Waals surface area contributed by atoms with Crippen molar-refractivity contribution < 1.29 is 19.5 Å². The van der Waals surface area contributed by atoms with Crippen molar-refractivity contribution in [3.05, 3.63) is 53.6 Å². The Bertz CT molecular complexity index is 1110. The summed E-state index contributed by atoms with van der Waals surface area (Å²) in [5.74, 6) is -0.792. The van der Waals surface area contributed by atoms with Crippen LogP contribution in [0.25, 0.3) is 0 Å². The number of hydrogen-bond donors (Lipinski definition) is 4. The number of carbonyl (C=O) groups is 3. The number of Topliss-reactive ketones (excluding diaryl/α,β-unsaturated/α-hetero) is 1. The third-order valence-corrected chi connectivity index (χ3v) is 7.20. The van der Waals surface area contributed by atoms with Gasteiger partial charge in [-0.15, -0.1) is 0 Å². The molecule has 5 N–H and O–H groups in total. The minimum absolute atomic E-state index is 0.0391. The molecule has 3 amide bonds.